The van der Waals surface area contributed by atoms with Crippen molar-refractivity contribution < 1.29 is 17.9 Å². The third kappa shape index (κ3) is 6.00. The normalized spacial score (nSPS) is 14.5. The molecule has 1 aromatic heterocycles. The molecule has 1 aliphatic rings. The van der Waals surface area contributed by atoms with E-state index in [0.29, 0.717) is 23.8 Å². The molecule has 4 aromatic rings. The Labute approximate surface area is 234 Å². The van der Waals surface area contributed by atoms with E-state index in [4.69, 9.17) is 9.72 Å². The van der Waals surface area contributed by atoms with Crippen LogP contribution in [0.25, 0.3) is 10.2 Å². The van der Waals surface area contributed by atoms with Gasteiger partial charge in [0.05, 0.1) is 28.3 Å². The molecule has 3 aromatic carbocycles. The number of fused-ring (bicyclic) bond motifs is 1. The molecule has 204 valence electrons. The van der Waals surface area contributed by atoms with Gasteiger partial charge in [-0.3, -0.25) is 9.69 Å². The molecule has 0 atom stereocenters. The number of sulfonamides is 1. The largest absolute Gasteiger partial charge is 0.494 e. The zero-order valence-corrected chi connectivity index (χ0v) is 23.9. The van der Waals surface area contributed by atoms with Crippen molar-refractivity contribution in [2.75, 3.05) is 18.6 Å². The van der Waals surface area contributed by atoms with Gasteiger partial charge in [-0.1, -0.05) is 60.9 Å². The molecule has 7 nitrogen and oxygen atoms in total. The maximum Gasteiger partial charge on any atom is 0.260 e. The maximum atomic E-state index is 13.8. The van der Waals surface area contributed by atoms with Gasteiger partial charge in [0, 0.05) is 18.7 Å². The average molecular weight is 564 g/mol. The highest BCUT2D eigenvalue weighted by molar-refractivity contribution is 7.89. The SMILES string of the molecule is CCOc1ccc2nc(N(Cc3ccccc3)C(=O)c3ccc(S(=O)(=O)N(C)C4CCCCC4)cc3)sc2c1. The molecule has 1 fully saturated rings. The summed E-state index contributed by atoms with van der Waals surface area (Å²) in [6.45, 7) is 2.84. The van der Waals surface area contributed by atoms with Crippen molar-refractivity contribution in [3.8, 4) is 5.75 Å². The lowest BCUT2D eigenvalue weighted by Gasteiger charge is -2.30. The summed E-state index contributed by atoms with van der Waals surface area (Å²) in [6, 6.07) is 21.8. The predicted octanol–water partition coefficient (Wildman–Crippen LogP) is 6.50. The Morgan fingerprint density at radius 1 is 1.00 bits per heavy atom. The molecule has 0 unspecified atom stereocenters. The van der Waals surface area contributed by atoms with Gasteiger partial charge in [-0.05, 0) is 67.8 Å². The fourth-order valence-electron chi connectivity index (χ4n) is 4.99. The smallest absolute Gasteiger partial charge is 0.260 e. The van der Waals surface area contributed by atoms with E-state index < -0.39 is 10.0 Å². The Morgan fingerprint density at radius 3 is 2.41 bits per heavy atom. The van der Waals surface area contributed by atoms with Gasteiger partial charge in [-0.15, -0.1) is 0 Å². The minimum Gasteiger partial charge on any atom is -0.494 e. The monoisotopic (exact) mass is 563 g/mol. The van der Waals surface area contributed by atoms with E-state index in [1.54, 1.807) is 24.1 Å². The predicted molar refractivity (Wildman–Crippen MR) is 156 cm³/mol. The van der Waals surface area contributed by atoms with Gasteiger partial charge in [0.25, 0.3) is 5.91 Å². The molecule has 0 saturated heterocycles. The standard InChI is InChI=1S/C30H33N3O4S2/c1-3-37-25-16-19-27-28(20-25)38-30(31-27)33(21-22-10-6-4-7-11-22)29(34)23-14-17-26(18-15-23)39(35,36)32(2)24-12-8-5-9-13-24/h4,6-7,10-11,14-20,24H,3,5,8-9,12-13,21H2,1-2H3. The third-order valence-electron chi connectivity index (χ3n) is 7.19. The molecular weight excluding hydrogens is 530 g/mol. The fraction of sp³-hybridized carbons (Fsp3) is 0.333. The summed E-state index contributed by atoms with van der Waals surface area (Å²) in [5.74, 6) is 0.517. The van der Waals surface area contributed by atoms with Crippen LogP contribution in [0, 0.1) is 0 Å². The molecular formula is C30H33N3O4S2. The van der Waals surface area contributed by atoms with Crippen LogP contribution in [0.1, 0.15) is 54.9 Å². The fourth-order valence-corrected chi connectivity index (χ4v) is 7.40. The average Bonchev–Trinajstić information content (AvgIpc) is 3.39. The highest BCUT2D eigenvalue weighted by atomic mass is 32.2. The molecule has 1 heterocycles. The van der Waals surface area contributed by atoms with Gasteiger partial charge in [0.1, 0.15) is 5.75 Å². The number of hydrogen-bond donors (Lipinski definition) is 0. The lowest BCUT2D eigenvalue weighted by molar-refractivity contribution is 0.0985. The van der Waals surface area contributed by atoms with E-state index in [-0.39, 0.29) is 16.8 Å². The molecule has 0 bridgehead atoms. The zero-order valence-electron chi connectivity index (χ0n) is 22.2. The van der Waals surface area contributed by atoms with Crippen LogP contribution in [0.5, 0.6) is 5.75 Å². The van der Waals surface area contributed by atoms with Gasteiger partial charge < -0.3 is 4.74 Å². The van der Waals surface area contributed by atoms with Crippen LogP contribution in [0.4, 0.5) is 5.13 Å². The second-order valence-corrected chi connectivity index (χ2v) is 12.8. The van der Waals surface area contributed by atoms with Crippen molar-refractivity contribution in [3.05, 3.63) is 83.9 Å². The van der Waals surface area contributed by atoms with Gasteiger partial charge in [0.2, 0.25) is 10.0 Å². The molecule has 9 heteroatoms. The number of amides is 1. The van der Waals surface area contributed by atoms with Crippen LogP contribution in [-0.4, -0.2) is 43.3 Å². The van der Waals surface area contributed by atoms with Crippen molar-refractivity contribution in [3.63, 3.8) is 0 Å². The van der Waals surface area contributed by atoms with E-state index in [1.807, 2.05) is 55.5 Å². The van der Waals surface area contributed by atoms with Crippen molar-refractivity contribution in [1.29, 1.82) is 0 Å². The Bertz CT molecular complexity index is 1530. The van der Waals surface area contributed by atoms with E-state index in [0.717, 1.165) is 53.6 Å². The number of carbonyl (C=O) groups excluding carboxylic acids is 1. The first-order chi connectivity index (χ1) is 18.9. The van der Waals surface area contributed by atoms with Crippen molar-refractivity contribution >= 4 is 42.6 Å². The lowest BCUT2D eigenvalue weighted by atomic mass is 9.96. The zero-order chi connectivity index (χ0) is 27.4. The van der Waals surface area contributed by atoms with Crippen LogP contribution in [0.2, 0.25) is 0 Å². The summed E-state index contributed by atoms with van der Waals surface area (Å²) >= 11 is 1.43. The minimum absolute atomic E-state index is 0.0219. The Morgan fingerprint density at radius 2 is 1.72 bits per heavy atom. The number of hydrogen-bond acceptors (Lipinski definition) is 6. The van der Waals surface area contributed by atoms with E-state index in [9.17, 15) is 13.2 Å². The van der Waals surface area contributed by atoms with Crippen molar-refractivity contribution in [2.45, 2.75) is 56.5 Å². The molecule has 39 heavy (non-hydrogen) atoms. The van der Waals surface area contributed by atoms with Crippen LogP contribution in [0.15, 0.2) is 77.7 Å². The Hall–Kier alpha value is -3.27. The maximum absolute atomic E-state index is 13.8. The van der Waals surface area contributed by atoms with Crippen LogP contribution < -0.4 is 9.64 Å². The quantitative estimate of drug-likeness (QED) is 0.232. The van der Waals surface area contributed by atoms with Crippen LogP contribution >= 0.6 is 11.3 Å². The van der Waals surface area contributed by atoms with Gasteiger partial charge in [-0.25, -0.2) is 13.4 Å². The van der Waals surface area contributed by atoms with Crippen LogP contribution in [-0.2, 0) is 16.6 Å². The van der Waals surface area contributed by atoms with E-state index in [1.165, 1.54) is 27.8 Å². The van der Waals surface area contributed by atoms with E-state index in [2.05, 4.69) is 0 Å². The van der Waals surface area contributed by atoms with Gasteiger partial charge in [-0.2, -0.15) is 4.31 Å². The number of benzene rings is 3. The summed E-state index contributed by atoms with van der Waals surface area (Å²) in [7, 11) is -1.98. The van der Waals surface area contributed by atoms with Crippen molar-refractivity contribution in [1.82, 2.24) is 9.29 Å². The second-order valence-electron chi connectivity index (χ2n) is 9.77. The number of nitrogens with zero attached hydrogens (tertiary/aromatic N) is 3. The molecule has 1 amide bonds. The number of carbonyl (C=O) groups is 1. The first-order valence-corrected chi connectivity index (χ1v) is 15.6. The van der Waals surface area contributed by atoms with Crippen LogP contribution in [0.3, 0.4) is 0 Å². The Kier molecular flexibility index (Phi) is 8.30. The molecule has 0 aliphatic heterocycles. The summed E-state index contributed by atoms with van der Waals surface area (Å²) < 4.78 is 34.7. The van der Waals surface area contributed by atoms with Gasteiger partial charge >= 0.3 is 0 Å². The number of thiazole rings is 1. The molecule has 1 saturated carbocycles. The highest BCUT2D eigenvalue weighted by Crippen LogP contribution is 2.33. The topological polar surface area (TPSA) is 79.8 Å². The highest BCUT2D eigenvalue weighted by Gasteiger charge is 2.29. The summed E-state index contributed by atoms with van der Waals surface area (Å²) in [5.41, 5.74) is 2.16. The molecule has 0 radical (unpaired) electrons. The molecule has 5 rings (SSSR count). The van der Waals surface area contributed by atoms with Crippen molar-refractivity contribution in [2.24, 2.45) is 0 Å². The van der Waals surface area contributed by atoms with Gasteiger partial charge in [0.15, 0.2) is 5.13 Å². The number of anilines is 1. The molecule has 0 N–H and O–H groups in total. The summed E-state index contributed by atoms with van der Waals surface area (Å²) in [5, 5.41) is 0.571. The third-order valence-corrected chi connectivity index (χ3v) is 10.2. The van der Waals surface area contributed by atoms with E-state index >= 15 is 0 Å². The first-order valence-electron chi connectivity index (χ1n) is 13.3. The summed E-state index contributed by atoms with van der Waals surface area (Å²) in [6.07, 6.45) is 5.02. The Balaban J connectivity index is 1.44. The second kappa shape index (κ2) is 11.9. The molecule has 1 aliphatic carbocycles. The number of aromatic nitrogens is 1. The number of rotatable bonds is 9. The number of ether oxygens (including phenoxy) is 1. The first kappa shape index (κ1) is 27.3. The lowest BCUT2D eigenvalue weighted by Crippen LogP contribution is -2.38. The summed E-state index contributed by atoms with van der Waals surface area (Å²) in [4.78, 5) is 20.5. The minimum atomic E-state index is -3.64. The molecule has 0 spiro atoms.